The van der Waals surface area contributed by atoms with Gasteiger partial charge in [-0.1, -0.05) is 0 Å². The van der Waals surface area contributed by atoms with Crippen LogP contribution in [0.2, 0.25) is 0 Å². The SMILES string of the molecule is NC(=O)c1c(Br)nc2n([C@H]3O[C@@H](CO)C(O)C3O)cnc(N)c1-2. The quantitative estimate of drug-likeness (QED) is 0.420. The van der Waals surface area contributed by atoms with Crippen molar-refractivity contribution in [2.45, 2.75) is 24.5 Å². The van der Waals surface area contributed by atoms with Crippen LogP contribution in [0.3, 0.4) is 0 Å². The van der Waals surface area contributed by atoms with Crippen molar-refractivity contribution in [3.8, 4) is 11.4 Å². The van der Waals surface area contributed by atoms with Crippen molar-refractivity contribution in [1.82, 2.24) is 14.5 Å². The van der Waals surface area contributed by atoms with Crippen molar-refractivity contribution < 1.29 is 24.9 Å². The van der Waals surface area contributed by atoms with E-state index in [4.69, 9.17) is 16.2 Å². The van der Waals surface area contributed by atoms with Gasteiger partial charge in [0.25, 0.3) is 5.91 Å². The molecule has 10 nitrogen and oxygen atoms in total. The fourth-order valence-corrected chi connectivity index (χ4v) is 3.18. The number of primary amides is 1. The summed E-state index contributed by atoms with van der Waals surface area (Å²) in [4.78, 5) is 19.7. The van der Waals surface area contributed by atoms with Gasteiger partial charge in [-0.3, -0.25) is 9.36 Å². The maximum atomic E-state index is 11.6. The van der Waals surface area contributed by atoms with Gasteiger partial charge < -0.3 is 31.5 Å². The number of nitrogens with zero attached hydrogens (tertiary/aromatic N) is 3. The zero-order valence-electron chi connectivity index (χ0n) is 11.6. The normalized spacial score (nSPS) is 27.7. The number of rotatable bonds is 3. The van der Waals surface area contributed by atoms with Crippen LogP contribution in [0.4, 0.5) is 5.82 Å². The molecule has 3 rings (SSSR count). The molecule has 1 fully saturated rings. The van der Waals surface area contributed by atoms with Gasteiger partial charge in [0, 0.05) is 0 Å². The first kappa shape index (κ1) is 16.1. The lowest BCUT2D eigenvalue weighted by molar-refractivity contribution is -0.0529. The minimum Gasteiger partial charge on any atom is -0.394 e. The second-order valence-electron chi connectivity index (χ2n) is 5.11. The van der Waals surface area contributed by atoms with Crippen LogP contribution in [0, 0.1) is 0 Å². The number of aromatic nitrogens is 3. The first-order chi connectivity index (χ1) is 10.9. The van der Waals surface area contributed by atoms with Gasteiger partial charge in [0.15, 0.2) is 6.23 Å². The van der Waals surface area contributed by atoms with E-state index >= 15 is 0 Å². The molecule has 1 amide bonds. The predicted molar refractivity (Wildman–Crippen MR) is 80.3 cm³/mol. The number of carbonyl (C=O) groups is 1. The van der Waals surface area contributed by atoms with Gasteiger partial charge in [-0.15, -0.1) is 0 Å². The molecule has 0 saturated carbocycles. The Morgan fingerprint density at radius 1 is 1.43 bits per heavy atom. The van der Waals surface area contributed by atoms with E-state index in [1.807, 2.05) is 0 Å². The number of nitrogen functional groups attached to an aromatic ring is 1. The number of halogens is 1. The molecule has 0 aromatic heterocycles. The fourth-order valence-electron chi connectivity index (χ4n) is 2.61. The molecule has 0 spiro atoms. The highest BCUT2D eigenvalue weighted by atomic mass is 79.9. The molecular formula is C12H14BrN5O5. The summed E-state index contributed by atoms with van der Waals surface area (Å²) in [5.74, 6) is -0.505. The molecule has 0 aromatic rings. The Bertz CT molecular complexity index is 737. The molecular weight excluding hydrogens is 374 g/mol. The smallest absolute Gasteiger partial charge is 0.252 e. The fraction of sp³-hybridized carbons (Fsp3) is 0.417. The summed E-state index contributed by atoms with van der Waals surface area (Å²) in [6.45, 7) is -0.467. The number of amides is 1. The van der Waals surface area contributed by atoms with E-state index in [1.165, 1.54) is 10.9 Å². The molecule has 3 heterocycles. The summed E-state index contributed by atoms with van der Waals surface area (Å²) in [6.07, 6.45) is -3.34. The van der Waals surface area contributed by atoms with Gasteiger partial charge in [-0.25, -0.2) is 9.97 Å². The lowest BCUT2D eigenvalue weighted by Gasteiger charge is -2.21. The summed E-state index contributed by atoms with van der Waals surface area (Å²) < 4.78 is 6.95. The molecule has 2 unspecified atom stereocenters. The summed E-state index contributed by atoms with van der Waals surface area (Å²) >= 11 is 3.14. The monoisotopic (exact) mass is 387 g/mol. The zero-order chi connectivity index (χ0) is 16.9. The maximum absolute atomic E-state index is 11.6. The highest BCUT2D eigenvalue weighted by Crippen LogP contribution is 2.39. The van der Waals surface area contributed by atoms with Crippen molar-refractivity contribution in [2.75, 3.05) is 12.3 Å². The van der Waals surface area contributed by atoms with E-state index in [9.17, 15) is 20.1 Å². The van der Waals surface area contributed by atoms with E-state index in [0.717, 1.165) is 0 Å². The molecule has 4 atom stereocenters. The third kappa shape index (κ3) is 2.37. The lowest BCUT2D eigenvalue weighted by atomic mass is 10.1. The minimum atomic E-state index is -1.32. The summed E-state index contributed by atoms with van der Waals surface area (Å²) in [7, 11) is 0. The largest absolute Gasteiger partial charge is 0.394 e. The van der Waals surface area contributed by atoms with Crippen molar-refractivity contribution in [3.63, 3.8) is 0 Å². The molecule has 1 saturated heterocycles. The molecule has 0 radical (unpaired) electrons. The van der Waals surface area contributed by atoms with Gasteiger partial charge in [-0.05, 0) is 15.9 Å². The molecule has 3 aliphatic heterocycles. The van der Waals surface area contributed by atoms with Gasteiger partial charge >= 0.3 is 0 Å². The van der Waals surface area contributed by atoms with Crippen LogP contribution in [-0.4, -0.2) is 60.7 Å². The molecule has 3 aliphatic rings. The maximum Gasteiger partial charge on any atom is 0.252 e. The summed E-state index contributed by atoms with van der Waals surface area (Å²) in [6, 6.07) is 0. The first-order valence-electron chi connectivity index (χ1n) is 6.60. The molecule has 0 aliphatic carbocycles. The molecule has 124 valence electrons. The second-order valence-corrected chi connectivity index (χ2v) is 5.86. The van der Waals surface area contributed by atoms with Crippen LogP contribution < -0.4 is 11.5 Å². The lowest BCUT2D eigenvalue weighted by Crippen LogP contribution is -2.33. The minimum absolute atomic E-state index is 0.0370. The number of ether oxygens (including phenoxy) is 1. The van der Waals surface area contributed by atoms with Gasteiger partial charge in [0.05, 0.1) is 17.7 Å². The first-order valence-corrected chi connectivity index (χ1v) is 7.39. The highest BCUT2D eigenvalue weighted by Gasteiger charge is 2.44. The summed E-state index contributed by atoms with van der Waals surface area (Å²) in [5, 5.41) is 29.2. The number of hydrogen-bond acceptors (Lipinski definition) is 8. The summed E-state index contributed by atoms with van der Waals surface area (Å²) in [5.41, 5.74) is 11.4. The van der Waals surface area contributed by atoms with Gasteiger partial charge in [-0.2, -0.15) is 0 Å². The Morgan fingerprint density at radius 2 is 2.13 bits per heavy atom. The molecule has 0 bridgehead atoms. The standard InChI is InChI=1S/C12H14BrN5O5/c13-8-4(10(15)22)5-9(14)16-2-18(11(5)17-8)12-7(21)6(20)3(1-19)23-12/h2-3,6-7,12,19-21H,1,14H2,(H2,15,22)/t3-,6?,7?,12-/m0/s1. The molecule has 11 heteroatoms. The highest BCUT2D eigenvalue weighted by molar-refractivity contribution is 9.10. The van der Waals surface area contributed by atoms with Crippen molar-refractivity contribution >= 4 is 27.7 Å². The van der Waals surface area contributed by atoms with Crippen LogP contribution in [0.15, 0.2) is 10.9 Å². The Kier molecular flexibility index (Phi) is 3.98. The van der Waals surface area contributed by atoms with Crippen LogP contribution in [0.1, 0.15) is 16.6 Å². The number of aliphatic hydroxyl groups is 3. The van der Waals surface area contributed by atoms with Crippen LogP contribution in [0.25, 0.3) is 11.4 Å². The van der Waals surface area contributed by atoms with Gasteiger partial charge in [0.1, 0.15) is 40.9 Å². The Hall–Kier alpha value is -1.79. The van der Waals surface area contributed by atoms with E-state index in [2.05, 4.69) is 25.9 Å². The van der Waals surface area contributed by atoms with Crippen molar-refractivity contribution in [2.24, 2.45) is 5.73 Å². The van der Waals surface area contributed by atoms with Crippen molar-refractivity contribution in [1.29, 1.82) is 0 Å². The van der Waals surface area contributed by atoms with E-state index in [1.54, 1.807) is 0 Å². The molecule has 0 aromatic carbocycles. The third-order valence-corrected chi connectivity index (χ3v) is 4.32. The third-order valence-electron chi connectivity index (χ3n) is 3.74. The average Bonchev–Trinajstić information content (AvgIpc) is 2.99. The Labute approximate surface area is 138 Å². The average molecular weight is 388 g/mol. The number of aliphatic hydroxyl groups excluding tert-OH is 3. The second kappa shape index (κ2) is 5.69. The number of nitrogens with two attached hydrogens (primary N) is 2. The van der Waals surface area contributed by atoms with E-state index in [-0.39, 0.29) is 27.4 Å². The van der Waals surface area contributed by atoms with Crippen molar-refractivity contribution in [3.05, 3.63) is 16.5 Å². The van der Waals surface area contributed by atoms with Gasteiger partial charge in [0.2, 0.25) is 0 Å². The molecule has 23 heavy (non-hydrogen) atoms. The number of hydrogen-bond donors (Lipinski definition) is 5. The topological polar surface area (TPSA) is 170 Å². The van der Waals surface area contributed by atoms with E-state index < -0.39 is 37.1 Å². The van der Waals surface area contributed by atoms with Crippen LogP contribution in [0.5, 0.6) is 0 Å². The number of carbonyl (C=O) groups excluding carboxylic acids is 1. The predicted octanol–water partition coefficient (Wildman–Crippen LogP) is -1.56. The Morgan fingerprint density at radius 3 is 2.70 bits per heavy atom. The molecule has 7 N–H and O–H groups in total. The van der Waals surface area contributed by atoms with Crippen LogP contribution >= 0.6 is 15.9 Å². The zero-order valence-corrected chi connectivity index (χ0v) is 13.2. The number of anilines is 1. The number of fused-ring (bicyclic) bond motifs is 1. The Balaban J connectivity index is 2.13. The van der Waals surface area contributed by atoms with Crippen LogP contribution in [-0.2, 0) is 4.74 Å². The van der Waals surface area contributed by atoms with E-state index in [0.29, 0.717) is 0 Å².